The number of carbonyl (C=O) groups excluding carboxylic acids is 1. The van der Waals surface area contributed by atoms with Crippen LogP contribution in [-0.4, -0.2) is 32.1 Å². The molecular weight excluding hydrogens is 478 g/mol. The van der Waals surface area contributed by atoms with E-state index in [-0.39, 0.29) is 34.9 Å². The third-order valence-corrected chi connectivity index (χ3v) is 6.48. The molecule has 0 atom stereocenters. The molecule has 2 aromatic heterocycles. The van der Waals surface area contributed by atoms with Crippen LogP contribution in [0, 0.1) is 17.0 Å². The van der Waals surface area contributed by atoms with Crippen LogP contribution in [0.1, 0.15) is 16.1 Å². The number of carbonyl (C=O) groups is 1. The van der Waals surface area contributed by atoms with Gasteiger partial charge in [0.1, 0.15) is 15.7 Å². The maximum absolute atomic E-state index is 12.4. The summed E-state index contributed by atoms with van der Waals surface area (Å²) in [5, 5.41) is 18.9. The first-order valence-corrected chi connectivity index (χ1v) is 11.4. The van der Waals surface area contributed by atoms with Crippen molar-refractivity contribution in [2.45, 2.75) is 13.5 Å². The number of aromatic nitrogens is 3. The largest absolute Gasteiger partial charge is 0.350 e. The Labute approximate surface area is 202 Å². The standard InChI is InChI=1S/C23H18ClN5O4S/c1-14-21(34-23(26-14)15-5-3-2-4-6-15)18-9-10-20(30)28(27-18)12-11-25-22(31)16-7-8-17(24)19(13-16)29(32)33/h2-10,13H,11-12H2,1H3,(H,25,31). The zero-order valence-electron chi connectivity index (χ0n) is 17.9. The third-order valence-electron chi connectivity index (χ3n) is 4.93. The summed E-state index contributed by atoms with van der Waals surface area (Å²) in [5.41, 5.74) is 1.84. The molecule has 1 amide bonds. The highest BCUT2D eigenvalue weighted by Crippen LogP contribution is 2.33. The van der Waals surface area contributed by atoms with E-state index in [0.717, 1.165) is 27.2 Å². The maximum Gasteiger partial charge on any atom is 0.288 e. The van der Waals surface area contributed by atoms with E-state index in [0.29, 0.717) is 5.69 Å². The van der Waals surface area contributed by atoms with Gasteiger partial charge in [0, 0.05) is 29.8 Å². The van der Waals surface area contributed by atoms with Gasteiger partial charge in [-0.1, -0.05) is 41.9 Å². The molecule has 0 unspecified atom stereocenters. The van der Waals surface area contributed by atoms with E-state index in [1.165, 1.54) is 34.2 Å². The van der Waals surface area contributed by atoms with E-state index in [4.69, 9.17) is 11.6 Å². The second-order valence-corrected chi connectivity index (χ2v) is 8.67. The van der Waals surface area contributed by atoms with E-state index in [1.54, 1.807) is 6.07 Å². The molecule has 0 radical (unpaired) electrons. The minimum Gasteiger partial charge on any atom is -0.350 e. The predicted molar refractivity (Wildman–Crippen MR) is 130 cm³/mol. The highest BCUT2D eigenvalue weighted by atomic mass is 35.5. The Morgan fingerprint density at radius 3 is 2.68 bits per heavy atom. The molecule has 0 saturated heterocycles. The van der Waals surface area contributed by atoms with Gasteiger partial charge >= 0.3 is 0 Å². The van der Waals surface area contributed by atoms with Gasteiger partial charge < -0.3 is 5.32 Å². The number of halogens is 1. The van der Waals surface area contributed by atoms with Gasteiger partial charge in [-0.15, -0.1) is 11.3 Å². The van der Waals surface area contributed by atoms with Crippen molar-refractivity contribution in [3.8, 4) is 21.1 Å². The number of aryl methyl sites for hydroxylation is 1. The van der Waals surface area contributed by atoms with Gasteiger partial charge in [-0.3, -0.25) is 19.7 Å². The first-order valence-electron chi connectivity index (χ1n) is 10.2. The molecule has 4 rings (SSSR count). The van der Waals surface area contributed by atoms with E-state index in [1.807, 2.05) is 37.3 Å². The second-order valence-electron chi connectivity index (χ2n) is 7.26. The first-order chi connectivity index (χ1) is 16.3. The molecule has 9 nitrogen and oxygen atoms in total. The maximum atomic E-state index is 12.4. The lowest BCUT2D eigenvalue weighted by Gasteiger charge is -2.08. The first kappa shape index (κ1) is 23.3. The quantitative estimate of drug-likeness (QED) is 0.301. The highest BCUT2D eigenvalue weighted by Gasteiger charge is 2.17. The van der Waals surface area contributed by atoms with Crippen molar-refractivity contribution in [3.63, 3.8) is 0 Å². The van der Waals surface area contributed by atoms with Crippen LogP contribution in [0.3, 0.4) is 0 Å². The van der Waals surface area contributed by atoms with Crippen LogP contribution in [0.2, 0.25) is 5.02 Å². The number of rotatable bonds is 7. The van der Waals surface area contributed by atoms with Crippen LogP contribution in [0.25, 0.3) is 21.1 Å². The van der Waals surface area contributed by atoms with E-state index in [2.05, 4.69) is 15.4 Å². The molecule has 4 aromatic rings. The average molecular weight is 496 g/mol. The topological polar surface area (TPSA) is 120 Å². The lowest BCUT2D eigenvalue weighted by molar-refractivity contribution is -0.384. The molecule has 2 heterocycles. The van der Waals surface area contributed by atoms with Gasteiger partial charge in [0.15, 0.2) is 0 Å². The Morgan fingerprint density at radius 2 is 1.94 bits per heavy atom. The van der Waals surface area contributed by atoms with Crippen molar-refractivity contribution in [1.29, 1.82) is 0 Å². The zero-order chi connectivity index (χ0) is 24.2. The van der Waals surface area contributed by atoms with Crippen LogP contribution in [0.15, 0.2) is 65.5 Å². The van der Waals surface area contributed by atoms with E-state index >= 15 is 0 Å². The minimum absolute atomic E-state index is 0.0529. The van der Waals surface area contributed by atoms with Crippen LogP contribution in [0.5, 0.6) is 0 Å². The molecule has 2 aromatic carbocycles. The van der Waals surface area contributed by atoms with Crippen molar-refractivity contribution >= 4 is 34.5 Å². The molecule has 34 heavy (non-hydrogen) atoms. The third kappa shape index (κ3) is 5.03. The number of nitrogens with one attached hydrogen (secondary N) is 1. The van der Waals surface area contributed by atoms with Crippen LogP contribution >= 0.6 is 22.9 Å². The summed E-state index contributed by atoms with van der Waals surface area (Å²) in [6, 6.07) is 16.7. The minimum atomic E-state index is -0.654. The molecule has 0 bridgehead atoms. The fourth-order valence-electron chi connectivity index (χ4n) is 3.24. The van der Waals surface area contributed by atoms with Crippen LogP contribution in [-0.2, 0) is 6.54 Å². The number of nitro groups is 1. The van der Waals surface area contributed by atoms with Crippen molar-refractivity contribution in [1.82, 2.24) is 20.1 Å². The molecule has 0 aliphatic rings. The zero-order valence-corrected chi connectivity index (χ0v) is 19.5. The van der Waals surface area contributed by atoms with Crippen molar-refractivity contribution in [2.75, 3.05) is 6.54 Å². The molecular formula is C23H18ClN5O4S. The highest BCUT2D eigenvalue weighted by molar-refractivity contribution is 7.18. The molecule has 0 aliphatic carbocycles. The Hall–Kier alpha value is -3.89. The summed E-state index contributed by atoms with van der Waals surface area (Å²) in [7, 11) is 0. The summed E-state index contributed by atoms with van der Waals surface area (Å²) >= 11 is 7.27. The van der Waals surface area contributed by atoms with Crippen LogP contribution in [0.4, 0.5) is 5.69 Å². The molecule has 0 spiro atoms. The number of amides is 1. The summed E-state index contributed by atoms with van der Waals surface area (Å²) < 4.78 is 1.27. The Morgan fingerprint density at radius 1 is 1.18 bits per heavy atom. The number of hydrogen-bond donors (Lipinski definition) is 1. The number of hydrogen-bond acceptors (Lipinski definition) is 7. The monoisotopic (exact) mass is 495 g/mol. The molecule has 11 heteroatoms. The lowest BCUT2D eigenvalue weighted by atomic mass is 10.2. The summed E-state index contributed by atoms with van der Waals surface area (Å²) in [6.07, 6.45) is 0. The summed E-state index contributed by atoms with van der Waals surface area (Å²) in [5.74, 6) is -0.519. The van der Waals surface area contributed by atoms with Gasteiger partial charge in [-0.2, -0.15) is 5.10 Å². The smallest absolute Gasteiger partial charge is 0.288 e. The normalized spacial score (nSPS) is 10.8. The second kappa shape index (κ2) is 9.94. The summed E-state index contributed by atoms with van der Waals surface area (Å²) in [4.78, 5) is 40.5. The molecule has 0 saturated carbocycles. The predicted octanol–water partition coefficient (Wildman–Crippen LogP) is 4.33. The molecule has 0 aliphatic heterocycles. The fraction of sp³-hybridized carbons (Fsp3) is 0.130. The average Bonchev–Trinajstić information content (AvgIpc) is 3.22. The number of nitro benzene ring substituents is 1. The number of thiazole rings is 1. The lowest BCUT2D eigenvalue weighted by Crippen LogP contribution is -2.32. The van der Waals surface area contributed by atoms with E-state index in [9.17, 15) is 19.7 Å². The molecule has 172 valence electrons. The Kier molecular flexibility index (Phi) is 6.80. The van der Waals surface area contributed by atoms with Gasteiger partial charge in [0.05, 0.1) is 22.0 Å². The summed E-state index contributed by atoms with van der Waals surface area (Å²) in [6.45, 7) is 2.11. The SMILES string of the molecule is Cc1nc(-c2ccccc2)sc1-c1ccc(=O)n(CCNC(=O)c2ccc(Cl)c([N+](=O)[O-])c2)n1. The van der Waals surface area contributed by atoms with Crippen molar-refractivity contribution < 1.29 is 9.72 Å². The van der Waals surface area contributed by atoms with Gasteiger partial charge in [-0.05, 0) is 25.1 Å². The van der Waals surface area contributed by atoms with Gasteiger partial charge in [0.25, 0.3) is 17.2 Å². The molecule has 0 fully saturated rings. The van der Waals surface area contributed by atoms with E-state index < -0.39 is 10.8 Å². The van der Waals surface area contributed by atoms with Crippen molar-refractivity contribution in [3.05, 3.63) is 97.4 Å². The van der Waals surface area contributed by atoms with Crippen molar-refractivity contribution in [2.24, 2.45) is 0 Å². The Bertz CT molecular complexity index is 1440. The fourth-order valence-corrected chi connectivity index (χ4v) is 4.46. The number of nitrogens with zero attached hydrogens (tertiary/aromatic N) is 4. The van der Waals surface area contributed by atoms with Gasteiger partial charge in [0.2, 0.25) is 0 Å². The van der Waals surface area contributed by atoms with Crippen LogP contribution < -0.4 is 10.9 Å². The number of benzene rings is 2. The van der Waals surface area contributed by atoms with Gasteiger partial charge in [-0.25, -0.2) is 9.67 Å². The molecule has 1 N–H and O–H groups in total. The Balaban J connectivity index is 1.48.